The number of nitrogens with zero attached hydrogens (tertiary/aromatic N) is 1. The Hall–Kier alpha value is -2.15. The van der Waals surface area contributed by atoms with Crippen LogP contribution in [0, 0.1) is 5.92 Å². The normalized spacial score (nSPS) is 13.9. The molecule has 0 aliphatic heterocycles. The van der Waals surface area contributed by atoms with Gasteiger partial charge in [0.15, 0.2) is 0 Å². The Kier molecular flexibility index (Phi) is 10.2. The van der Waals surface area contributed by atoms with Gasteiger partial charge in [-0.3, -0.25) is 9.78 Å². The molecule has 0 fully saturated rings. The van der Waals surface area contributed by atoms with Crippen molar-refractivity contribution in [2.24, 2.45) is 5.92 Å². The summed E-state index contributed by atoms with van der Waals surface area (Å²) in [4.78, 5) is 18.9. The molecular formula is C30H36ClN3OS2. The summed E-state index contributed by atoms with van der Waals surface area (Å²) in [6, 6.07) is 15.9. The minimum absolute atomic E-state index is 0.0229. The lowest BCUT2D eigenvalue weighted by Crippen LogP contribution is -2.24. The largest absolute Gasteiger partial charge is 0.384 e. The predicted molar refractivity (Wildman–Crippen MR) is 162 cm³/mol. The zero-order chi connectivity index (χ0) is 26.2. The van der Waals surface area contributed by atoms with Gasteiger partial charge >= 0.3 is 0 Å². The van der Waals surface area contributed by atoms with Crippen LogP contribution >= 0.6 is 33.2 Å². The number of carbonyl (C=O) groups excluding carboxylic acids is 1. The Morgan fingerprint density at radius 2 is 1.89 bits per heavy atom. The van der Waals surface area contributed by atoms with Crippen molar-refractivity contribution in [3.05, 3.63) is 81.0 Å². The van der Waals surface area contributed by atoms with Gasteiger partial charge in [-0.05, 0) is 74.3 Å². The number of rotatable bonds is 11. The topological polar surface area (TPSA) is 54.0 Å². The number of pyridine rings is 1. The molecule has 1 aliphatic carbocycles. The van der Waals surface area contributed by atoms with E-state index in [2.05, 4.69) is 30.5 Å². The van der Waals surface area contributed by atoms with Gasteiger partial charge in [-0.1, -0.05) is 77.4 Å². The number of fused-ring (bicyclic) bond motifs is 2. The molecule has 1 amide bonds. The fraction of sp³-hybridized carbons (Fsp3) is 0.400. The number of aryl methyl sites for hydroxylation is 1. The third kappa shape index (κ3) is 7.92. The van der Waals surface area contributed by atoms with Gasteiger partial charge in [0.25, 0.3) is 0 Å². The Balaban J connectivity index is 1.50. The SMILES string of the molecule is CC(NC(=O)Cc1ccccc1)=C(CCNc1c2c(nc3cc(Cl)ccc13)CCCC2)SSCC(C)C. The van der Waals surface area contributed by atoms with Crippen LogP contribution in [0.25, 0.3) is 10.9 Å². The molecule has 1 heterocycles. The summed E-state index contributed by atoms with van der Waals surface area (Å²) in [6.07, 6.45) is 5.67. The molecule has 0 unspecified atom stereocenters. The second-order valence-electron chi connectivity index (χ2n) is 9.98. The number of anilines is 1. The van der Waals surface area contributed by atoms with Crippen LogP contribution in [0.2, 0.25) is 5.02 Å². The van der Waals surface area contributed by atoms with Crippen molar-refractivity contribution in [2.75, 3.05) is 17.6 Å². The number of allylic oxidation sites excluding steroid dienone is 1. The summed E-state index contributed by atoms with van der Waals surface area (Å²) in [5, 5.41) is 8.76. The van der Waals surface area contributed by atoms with E-state index in [0.29, 0.717) is 17.4 Å². The molecule has 196 valence electrons. The molecule has 0 atom stereocenters. The number of amides is 1. The molecule has 0 radical (unpaired) electrons. The van der Waals surface area contributed by atoms with E-state index in [0.717, 1.165) is 53.7 Å². The smallest absolute Gasteiger partial charge is 0.228 e. The van der Waals surface area contributed by atoms with Crippen molar-refractivity contribution in [1.82, 2.24) is 10.3 Å². The van der Waals surface area contributed by atoms with Crippen molar-refractivity contribution in [3.63, 3.8) is 0 Å². The highest BCUT2D eigenvalue weighted by molar-refractivity contribution is 8.78. The molecule has 0 bridgehead atoms. The van der Waals surface area contributed by atoms with Crippen LogP contribution in [0.3, 0.4) is 0 Å². The highest BCUT2D eigenvalue weighted by Gasteiger charge is 2.19. The highest BCUT2D eigenvalue weighted by Crippen LogP contribution is 2.37. The van der Waals surface area contributed by atoms with Gasteiger partial charge in [-0.25, -0.2) is 0 Å². The van der Waals surface area contributed by atoms with Gasteiger partial charge in [0.1, 0.15) is 0 Å². The summed E-state index contributed by atoms with van der Waals surface area (Å²) in [5.74, 6) is 1.71. The second kappa shape index (κ2) is 13.6. The van der Waals surface area contributed by atoms with E-state index in [1.807, 2.05) is 60.2 Å². The van der Waals surface area contributed by atoms with E-state index in [1.54, 1.807) is 10.8 Å². The molecule has 0 saturated carbocycles. The lowest BCUT2D eigenvalue weighted by molar-refractivity contribution is -0.119. The Morgan fingerprint density at radius 1 is 1.11 bits per heavy atom. The number of nitrogens with one attached hydrogen (secondary N) is 2. The fourth-order valence-electron chi connectivity index (χ4n) is 4.54. The van der Waals surface area contributed by atoms with Crippen LogP contribution in [0.1, 0.15) is 56.9 Å². The first-order valence-electron chi connectivity index (χ1n) is 13.1. The first kappa shape index (κ1) is 27.9. The van der Waals surface area contributed by atoms with Gasteiger partial charge in [-0.2, -0.15) is 0 Å². The van der Waals surface area contributed by atoms with Crippen molar-refractivity contribution >= 4 is 55.7 Å². The lowest BCUT2D eigenvalue weighted by atomic mass is 9.92. The molecule has 3 aromatic rings. The third-order valence-electron chi connectivity index (χ3n) is 6.39. The second-order valence-corrected chi connectivity index (χ2v) is 12.8. The van der Waals surface area contributed by atoms with Crippen molar-refractivity contribution < 1.29 is 4.79 Å². The average molecular weight is 554 g/mol. The average Bonchev–Trinajstić information content (AvgIpc) is 2.87. The molecule has 7 heteroatoms. The molecule has 1 aliphatic rings. The predicted octanol–water partition coefficient (Wildman–Crippen LogP) is 8.20. The molecule has 2 N–H and O–H groups in total. The van der Waals surface area contributed by atoms with E-state index in [4.69, 9.17) is 16.6 Å². The molecule has 37 heavy (non-hydrogen) atoms. The standard InChI is InChI=1S/C30H36ClN3OS2/c1-20(2)19-36-37-28(21(3)33-29(35)17-22-9-5-4-6-10-22)15-16-32-30-24-11-7-8-12-26(24)34-27-18-23(31)13-14-25(27)30/h4-6,9-10,13-14,18,20H,7-8,11-12,15-17,19H2,1-3H3,(H,32,34)(H,33,35). The summed E-state index contributed by atoms with van der Waals surface area (Å²) >= 11 is 6.29. The van der Waals surface area contributed by atoms with E-state index < -0.39 is 0 Å². The summed E-state index contributed by atoms with van der Waals surface area (Å²) in [6.45, 7) is 7.27. The lowest BCUT2D eigenvalue weighted by Gasteiger charge is -2.22. The number of carbonyl (C=O) groups is 1. The number of aromatic nitrogens is 1. The van der Waals surface area contributed by atoms with E-state index in [-0.39, 0.29) is 5.91 Å². The number of hydrogen-bond donors (Lipinski definition) is 2. The maximum atomic E-state index is 12.7. The molecule has 4 nitrogen and oxygen atoms in total. The van der Waals surface area contributed by atoms with Crippen LogP contribution < -0.4 is 10.6 Å². The molecule has 0 spiro atoms. The molecular weight excluding hydrogens is 518 g/mol. The zero-order valence-corrected chi connectivity index (χ0v) is 24.3. The maximum absolute atomic E-state index is 12.7. The van der Waals surface area contributed by atoms with Crippen LogP contribution in [0.4, 0.5) is 5.69 Å². The Morgan fingerprint density at radius 3 is 2.68 bits per heavy atom. The monoisotopic (exact) mass is 553 g/mol. The van der Waals surface area contributed by atoms with Gasteiger partial charge in [0.05, 0.1) is 11.9 Å². The maximum Gasteiger partial charge on any atom is 0.228 e. The molecule has 4 rings (SSSR count). The van der Waals surface area contributed by atoms with Crippen molar-refractivity contribution in [1.29, 1.82) is 0 Å². The third-order valence-corrected chi connectivity index (χ3v) is 9.62. The van der Waals surface area contributed by atoms with Gasteiger partial charge in [-0.15, -0.1) is 0 Å². The quantitative estimate of drug-likeness (QED) is 0.234. The fourth-order valence-corrected chi connectivity index (χ4v) is 7.62. The van der Waals surface area contributed by atoms with E-state index in [1.165, 1.54) is 34.7 Å². The number of hydrogen-bond acceptors (Lipinski definition) is 5. The first-order valence-corrected chi connectivity index (χ1v) is 15.8. The summed E-state index contributed by atoms with van der Waals surface area (Å²) in [7, 11) is 3.64. The molecule has 2 aromatic carbocycles. The van der Waals surface area contributed by atoms with Gasteiger partial charge in [0, 0.05) is 44.7 Å². The van der Waals surface area contributed by atoms with E-state index in [9.17, 15) is 4.79 Å². The summed E-state index contributed by atoms with van der Waals surface area (Å²) < 4.78 is 0. The Labute approximate surface area is 233 Å². The van der Waals surface area contributed by atoms with Crippen molar-refractivity contribution in [3.8, 4) is 0 Å². The number of halogens is 1. The van der Waals surface area contributed by atoms with E-state index >= 15 is 0 Å². The van der Waals surface area contributed by atoms with Crippen LogP contribution in [0.15, 0.2) is 59.1 Å². The van der Waals surface area contributed by atoms with Gasteiger partial charge in [0.2, 0.25) is 5.91 Å². The molecule has 0 saturated heterocycles. The zero-order valence-electron chi connectivity index (χ0n) is 21.9. The Bertz CT molecular complexity index is 1260. The van der Waals surface area contributed by atoms with Crippen LogP contribution in [-0.4, -0.2) is 23.2 Å². The van der Waals surface area contributed by atoms with Crippen molar-refractivity contribution in [2.45, 2.75) is 59.3 Å². The van der Waals surface area contributed by atoms with Crippen LogP contribution in [0.5, 0.6) is 0 Å². The molecule has 1 aromatic heterocycles. The minimum atomic E-state index is 0.0229. The minimum Gasteiger partial charge on any atom is -0.384 e. The number of benzene rings is 2. The highest BCUT2D eigenvalue weighted by atomic mass is 35.5. The first-order chi connectivity index (χ1) is 17.9. The van der Waals surface area contributed by atoms with Gasteiger partial charge < -0.3 is 10.6 Å². The summed E-state index contributed by atoms with van der Waals surface area (Å²) in [5.41, 5.74) is 6.66. The van der Waals surface area contributed by atoms with Crippen LogP contribution in [-0.2, 0) is 24.1 Å².